The van der Waals surface area contributed by atoms with E-state index in [0.717, 1.165) is 50.6 Å². The molecule has 1 fully saturated rings. The fourth-order valence-corrected chi connectivity index (χ4v) is 2.30. The average molecular weight is 303 g/mol. The lowest BCUT2D eigenvalue weighted by Crippen LogP contribution is -2.37. The lowest BCUT2D eigenvalue weighted by atomic mass is 10.3. The van der Waals surface area contributed by atoms with Crippen LogP contribution in [0.5, 0.6) is 0 Å². The third kappa shape index (κ3) is 4.43. The molecule has 1 saturated heterocycles. The number of morpholine rings is 1. The summed E-state index contributed by atoms with van der Waals surface area (Å²) in [7, 11) is 0. The van der Waals surface area contributed by atoms with Gasteiger partial charge in [-0.15, -0.1) is 0 Å². The quantitative estimate of drug-likeness (QED) is 0.814. The molecule has 0 amide bonds. The molecule has 1 aliphatic rings. The van der Waals surface area contributed by atoms with E-state index in [1.165, 1.54) is 12.0 Å². The molecule has 4 nitrogen and oxygen atoms in total. The van der Waals surface area contributed by atoms with Gasteiger partial charge in [-0.3, -0.25) is 4.90 Å². The molecule has 17 heavy (non-hydrogen) atoms. The highest BCUT2D eigenvalue weighted by molar-refractivity contribution is 9.10. The van der Waals surface area contributed by atoms with Crippen LogP contribution in [0.1, 0.15) is 12.0 Å². The Morgan fingerprint density at radius 2 is 2.18 bits per heavy atom. The summed E-state index contributed by atoms with van der Waals surface area (Å²) >= 11 is 3.37. The number of furan rings is 1. The largest absolute Gasteiger partial charge is 0.457 e. The zero-order valence-electron chi connectivity index (χ0n) is 9.95. The molecule has 0 atom stereocenters. The Labute approximate surface area is 110 Å². The van der Waals surface area contributed by atoms with E-state index in [1.54, 1.807) is 6.26 Å². The van der Waals surface area contributed by atoms with Gasteiger partial charge in [-0.2, -0.15) is 0 Å². The van der Waals surface area contributed by atoms with Gasteiger partial charge in [0, 0.05) is 25.2 Å². The maximum atomic E-state index is 5.32. The van der Waals surface area contributed by atoms with Crippen molar-refractivity contribution in [3.05, 3.63) is 22.6 Å². The van der Waals surface area contributed by atoms with E-state index in [-0.39, 0.29) is 0 Å². The Hall–Kier alpha value is -0.360. The van der Waals surface area contributed by atoms with E-state index in [9.17, 15) is 0 Å². The highest BCUT2D eigenvalue weighted by Crippen LogP contribution is 2.16. The van der Waals surface area contributed by atoms with E-state index < -0.39 is 0 Å². The minimum atomic E-state index is 0.832. The molecule has 2 rings (SSSR count). The predicted octanol–water partition coefficient (Wildman–Crippen LogP) is 1.85. The topological polar surface area (TPSA) is 37.6 Å². The van der Waals surface area contributed by atoms with Crippen LogP contribution in [0.3, 0.4) is 0 Å². The van der Waals surface area contributed by atoms with Gasteiger partial charge in [-0.25, -0.2) is 0 Å². The number of ether oxygens (including phenoxy) is 1. The molecule has 96 valence electrons. The Bertz CT molecular complexity index is 324. The molecule has 5 heteroatoms. The van der Waals surface area contributed by atoms with Crippen LogP contribution in [0.2, 0.25) is 0 Å². The van der Waals surface area contributed by atoms with Gasteiger partial charge >= 0.3 is 0 Å². The molecule has 0 saturated carbocycles. The number of hydrogen-bond donors (Lipinski definition) is 1. The molecule has 0 spiro atoms. The number of nitrogens with one attached hydrogen (secondary N) is 1. The number of hydrogen-bond acceptors (Lipinski definition) is 4. The summed E-state index contributed by atoms with van der Waals surface area (Å²) in [5.41, 5.74) is 1.18. The fraction of sp³-hybridized carbons (Fsp3) is 0.667. The third-order valence-electron chi connectivity index (χ3n) is 2.94. The maximum Gasteiger partial charge on any atom is 0.173 e. The predicted molar refractivity (Wildman–Crippen MR) is 70.0 cm³/mol. The molecule has 1 aromatic heterocycles. The highest BCUT2D eigenvalue weighted by Gasteiger charge is 2.09. The summed E-state index contributed by atoms with van der Waals surface area (Å²) in [5, 5.41) is 3.42. The SMILES string of the molecule is Brc1occc1CNCCCN1CCOCC1. The second kappa shape index (κ2) is 7.16. The average Bonchev–Trinajstić information content (AvgIpc) is 2.76. The number of halogens is 1. The molecule has 0 aromatic carbocycles. The number of rotatable bonds is 6. The van der Waals surface area contributed by atoms with Crippen molar-refractivity contribution in [3.8, 4) is 0 Å². The summed E-state index contributed by atoms with van der Waals surface area (Å²) in [6.07, 6.45) is 2.88. The summed E-state index contributed by atoms with van der Waals surface area (Å²) in [6.45, 7) is 6.98. The molecular weight excluding hydrogens is 284 g/mol. The second-order valence-electron chi connectivity index (χ2n) is 4.20. The lowest BCUT2D eigenvalue weighted by molar-refractivity contribution is 0.0374. The van der Waals surface area contributed by atoms with Crippen LogP contribution in [0.25, 0.3) is 0 Å². The van der Waals surface area contributed by atoms with Crippen LogP contribution >= 0.6 is 15.9 Å². The first-order valence-corrected chi connectivity index (χ1v) is 6.88. The van der Waals surface area contributed by atoms with E-state index in [4.69, 9.17) is 9.15 Å². The van der Waals surface area contributed by atoms with Crippen LogP contribution < -0.4 is 5.32 Å². The Morgan fingerprint density at radius 1 is 1.35 bits per heavy atom. The minimum Gasteiger partial charge on any atom is -0.457 e. The maximum absolute atomic E-state index is 5.32. The first kappa shape index (κ1) is 13.1. The first-order chi connectivity index (χ1) is 8.36. The van der Waals surface area contributed by atoms with Gasteiger partial charge in [-0.05, 0) is 41.5 Å². The van der Waals surface area contributed by atoms with Crippen molar-refractivity contribution >= 4 is 15.9 Å². The second-order valence-corrected chi connectivity index (χ2v) is 4.92. The molecule has 0 radical (unpaired) electrons. The monoisotopic (exact) mass is 302 g/mol. The van der Waals surface area contributed by atoms with Crippen molar-refractivity contribution in [2.24, 2.45) is 0 Å². The minimum absolute atomic E-state index is 0.832. The summed E-state index contributed by atoms with van der Waals surface area (Å²) in [6, 6.07) is 1.99. The van der Waals surface area contributed by atoms with Crippen molar-refractivity contribution in [2.75, 3.05) is 39.4 Å². The smallest absolute Gasteiger partial charge is 0.173 e. The zero-order valence-corrected chi connectivity index (χ0v) is 11.5. The van der Waals surface area contributed by atoms with Crippen molar-refractivity contribution in [3.63, 3.8) is 0 Å². The van der Waals surface area contributed by atoms with E-state index in [2.05, 4.69) is 26.1 Å². The normalized spacial score (nSPS) is 17.5. The van der Waals surface area contributed by atoms with Gasteiger partial charge in [0.05, 0.1) is 19.5 Å². The Balaban J connectivity index is 1.53. The summed E-state index contributed by atoms with van der Waals surface area (Å²) < 4.78 is 11.3. The number of nitrogens with zero attached hydrogens (tertiary/aromatic N) is 1. The molecule has 0 aliphatic carbocycles. The van der Waals surface area contributed by atoms with Crippen LogP contribution in [0.15, 0.2) is 21.4 Å². The molecule has 1 aromatic rings. The van der Waals surface area contributed by atoms with Crippen molar-refractivity contribution < 1.29 is 9.15 Å². The summed E-state index contributed by atoms with van der Waals surface area (Å²) in [5.74, 6) is 0. The van der Waals surface area contributed by atoms with Gasteiger partial charge in [0.25, 0.3) is 0 Å². The van der Waals surface area contributed by atoms with Gasteiger partial charge in [0.15, 0.2) is 4.67 Å². The van der Waals surface area contributed by atoms with Crippen molar-refractivity contribution in [1.29, 1.82) is 0 Å². The van der Waals surface area contributed by atoms with Gasteiger partial charge < -0.3 is 14.5 Å². The molecule has 1 N–H and O–H groups in total. The molecule has 2 heterocycles. The lowest BCUT2D eigenvalue weighted by Gasteiger charge is -2.26. The molecule has 1 aliphatic heterocycles. The first-order valence-electron chi connectivity index (χ1n) is 6.09. The highest BCUT2D eigenvalue weighted by atomic mass is 79.9. The van der Waals surface area contributed by atoms with Crippen LogP contribution in [0.4, 0.5) is 0 Å². The van der Waals surface area contributed by atoms with E-state index >= 15 is 0 Å². The Kier molecular flexibility index (Phi) is 5.51. The molecule has 0 unspecified atom stereocenters. The van der Waals surface area contributed by atoms with Gasteiger partial charge in [-0.1, -0.05) is 0 Å². The van der Waals surface area contributed by atoms with Gasteiger partial charge in [0.2, 0.25) is 0 Å². The third-order valence-corrected chi connectivity index (χ3v) is 3.64. The zero-order chi connectivity index (χ0) is 11.9. The van der Waals surface area contributed by atoms with Crippen molar-refractivity contribution in [1.82, 2.24) is 10.2 Å². The standard InChI is InChI=1S/C12H19BrN2O2/c13-12-11(2-7-17-12)10-14-3-1-4-15-5-8-16-9-6-15/h2,7,14H,1,3-6,8-10H2. The summed E-state index contributed by atoms with van der Waals surface area (Å²) in [4.78, 5) is 2.46. The van der Waals surface area contributed by atoms with E-state index in [0.29, 0.717) is 0 Å². The van der Waals surface area contributed by atoms with Crippen LogP contribution in [0, 0.1) is 0 Å². The molecular formula is C12H19BrN2O2. The van der Waals surface area contributed by atoms with Crippen LogP contribution in [-0.2, 0) is 11.3 Å². The molecule has 0 bridgehead atoms. The Morgan fingerprint density at radius 3 is 2.88 bits per heavy atom. The fourth-order valence-electron chi connectivity index (χ4n) is 1.92. The van der Waals surface area contributed by atoms with Crippen molar-refractivity contribution in [2.45, 2.75) is 13.0 Å². The van der Waals surface area contributed by atoms with Crippen LogP contribution in [-0.4, -0.2) is 44.3 Å². The van der Waals surface area contributed by atoms with E-state index in [1.807, 2.05) is 6.07 Å². The van der Waals surface area contributed by atoms with Gasteiger partial charge in [0.1, 0.15) is 0 Å².